The summed E-state index contributed by atoms with van der Waals surface area (Å²) in [5, 5.41) is 27.3. The minimum Gasteiger partial charge on any atom is -0.506 e. The first kappa shape index (κ1) is 9.57. The largest absolute Gasteiger partial charge is 0.506 e. The van der Waals surface area contributed by atoms with Crippen molar-refractivity contribution >= 4 is 5.69 Å². The predicted molar refractivity (Wildman–Crippen MR) is 53.5 cm³/mol. The van der Waals surface area contributed by atoms with Crippen molar-refractivity contribution in [2.45, 2.75) is 0 Å². The highest BCUT2D eigenvalue weighted by molar-refractivity contribution is 5.57. The molecule has 0 saturated heterocycles. The van der Waals surface area contributed by atoms with E-state index in [1.165, 1.54) is 18.2 Å². The third kappa shape index (κ3) is 1.78. The molecule has 0 aliphatic carbocycles. The Bertz CT molecular complexity index is 452. The van der Waals surface area contributed by atoms with E-state index in [9.17, 15) is 5.11 Å². The van der Waals surface area contributed by atoms with Crippen molar-refractivity contribution in [1.29, 1.82) is 0 Å². The molecular weight excluding hydrogens is 196 g/mol. The topological polar surface area (TPSA) is 68.9 Å². The van der Waals surface area contributed by atoms with E-state index in [1.54, 1.807) is 17.0 Å². The lowest BCUT2D eigenvalue weighted by molar-refractivity contribution is 0.0291. The molecule has 0 atom stereocenters. The molecule has 5 nitrogen and oxygen atoms in total. The Morgan fingerprint density at radius 2 is 1.73 bits per heavy atom. The molecule has 78 valence electrons. The molecule has 0 radical (unpaired) electrons. The maximum absolute atomic E-state index is 9.59. The van der Waals surface area contributed by atoms with Crippen molar-refractivity contribution < 1.29 is 15.5 Å². The molecule has 1 aromatic carbocycles. The molecule has 0 bridgehead atoms. The molecule has 0 spiro atoms. The number of anilines is 1. The second kappa shape index (κ2) is 3.64. The van der Waals surface area contributed by atoms with Crippen molar-refractivity contribution in [2.24, 2.45) is 0 Å². The Labute approximate surface area is 86.0 Å². The number of phenols is 1. The number of benzene rings is 1. The smallest absolute Gasteiger partial charge is 0.139 e. The van der Waals surface area contributed by atoms with Crippen molar-refractivity contribution in [1.82, 2.24) is 4.57 Å². The van der Waals surface area contributed by atoms with Gasteiger partial charge in [-0.1, -0.05) is 0 Å². The predicted octanol–water partition coefficient (Wildman–Crippen LogP) is 1.77. The first-order valence-corrected chi connectivity index (χ1v) is 4.33. The quantitative estimate of drug-likeness (QED) is 0.655. The standard InChI is InChI=1S/C10H10N2O3/c13-10-4-3-8(12(14)15)7-9(10)11-5-1-2-6-11/h1-7,13-15H. The first-order valence-electron chi connectivity index (χ1n) is 4.33. The monoisotopic (exact) mass is 206 g/mol. The fraction of sp³-hybridized carbons (Fsp3) is 0. The molecule has 0 unspecified atom stereocenters. The van der Waals surface area contributed by atoms with Crippen LogP contribution >= 0.6 is 0 Å². The van der Waals surface area contributed by atoms with Crippen LogP contribution in [0.15, 0.2) is 42.7 Å². The van der Waals surface area contributed by atoms with E-state index in [0.717, 1.165) is 0 Å². The summed E-state index contributed by atoms with van der Waals surface area (Å²) in [7, 11) is 0. The van der Waals surface area contributed by atoms with Crippen LogP contribution in [0.25, 0.3) is 5.69 Å². The van der Waals surface area contributed by atoms with Gasteiger partial charge >= 0.3 is 0 Å². The summed E-state index contributed by atoms with van der Waals surface area (Å²) in [5.41, 5.74) is 0.655. The van der Waals surface area contributed by atoms with Gasteiger partial charge in [0.25, 0.3) is 0 Å². The Kier molecular flexibility index (Phi) is 2.32. The molecule has 2 rings (SSSR count). The van der Waals surface area contributed by atoms with Crippen LogP contribution < -0.4 is 5.23 Å². The van der Waals surface area contributed by atoms with Crippen LogP contribution in [-0.4, -0.2) is 20.1 Å². The van der Waals surface area contributed by atoms with E-state index in [1.807, 2.05) is 12.1 Å². The summed E-state index contributed by atoms with van der Waals surface area (Å²) in [6.45, 7) is 0. The number of phenolic OH excluding ortho intramolecular Hbond substituents is 1. The van der Waals surface area contributed by atoms with Crippen LogP contribution in [0.2, 0.25) is 0 Å². The Morgan fingerprint density at radius 1 is 1.07 bits per heavy atom. The van der Waals surface area contributed by atoms with E-state index in [-0.39, 0.29) is 16.7 Å². The second-order valence-corrected chi connectivity index (χ2v) is 3.05. The number of rotatable bonds is 2. The van der Waals surface area contributed by atoms with Crippen molar-refractivity contribution in [3.05, 3.63) is 42.7 Å². The lowest BCUT2D eigenvalue weighted by Gasteiger charge is -2.11. The van der Waals surface area contributed by atoms with Gasteiger partial charge in [0, 0.05) is 12.4 Å². The van der Waals surface area contributed by atoms with Crippen LogP contribution in [0.1, 0.15) is 0 Å². The van der Waals surface area contributed by atoms with Crippen LogP contribution in [-0.2, 0) is 0 Å². The van der Waals surface area contributed by atoms with Crippen molar-refractivity contribution in [3.63, 3.8) is 0 Å². The average molecular weight is 206 g/mol. The third-order valence-corrected chi connectivity index (χ3v) is 2.07. The molecule has 0 amide bonds. The molecule has 1 aromatic heterocycles. The molecule has 0 aliphatic heterocycles. The maximum Gasteiger partial charge on any atom is 0.139 e. The highest BCUT2D eigenvalue weighted by atomic mass is 16.8. The lowest BCUT2D eigenvalue weighted by Crippen LogP contribution is -2.11. The van der Waals surface area contributed by atoms with E-state index in [4.69, 9.17) is 10.4 Å². The van der Waals surface area contributed by atoms with E-state index >= 15 is 0 Å². The summed E-state index contributed by atoms with van der Waals surface area (Å²) >= 11 is 0. The van der Waals surface area contributed by atoms with Gasteiger partial charge in [-0.05, 0) is 30.3 Å². The molecule has 3 N–H and O–H groups in total. The minimum atomic E-state index is 0.00639. The lowest BCUT2D eigenvalue weighted by atomic mass is 10.2. The number of aromatic hydroxyl groups is 1. The molecule has 15 heavy (non-hydrogen) atoms. The van der Waals surface area contributed by atoms with Crippen molar-refractivity contribution in [2.75, 3.05) is 5.23 Å². The van der Waals surface area contributed by atoms with E-state index in [0.29, 0.717) is 5.69 Å². The van der Waals surface area contributed by atoms with Gasteiger partial charge in [-0.2, -0.15) is 0 Å². The van der Waals surface area contributed by atoms with Gasteiger partial charge in [0.05, 0.1) is 11.4 Å². The van der Waals surface area contributed by atoms with Gasteiger partial charge in [0.15, 0.2) is 0 Å². The summed E-state index contributed by atoms with van der Waals surface area (Å²) in [6.07, 6.45) is 3.50. The fourth-order valence-corrected chi connectivity index (χ4v) is 1.34. The highest BCUT2D eigenvalue weighted by Gasteiger charge is 2.06. The van der Waals surface area contributed by atoms with Crippen LogP contribution in [0.5, 0.6) is 5.75 Å². The van der Waals surface area contributed by atoms with Gasteiger partial charge in [-0.15, -0.1) is 5.23 Å². The zero-order valence-electron chi connectivity index (χ0n) is 7.78. The summed E-state index contributed by atoms with van der Waals surface area (Å²) in [5.74, 6) is 0.0665. The normalized spacial score (nSPS) is 10.3. The number of hydrogen-bond acceptors (Lipinski definition) is 4. The number of hydrogen-bond donors (Lipinski definition) is 3. The maximum atomic E-state index is 9.59. The zero-order valence-corrected chi connectivity index (χ0v) is 7.78. The summed E-state index contributed by atoms with van der Waals surface area (Å²) in [4.78, 5) is 0. The Morgan fingerprint density at radius 3 is 2.33 bits per heavy atom. The van der Waals surface area contributed by atoms with Gasteiger partial charge < -0.3 is 9.67 Å². The second-order valence-electron chi connectivity index (χ2n) is 3.05. The molecular formula is C10H10N2O3. The minimum absolute atomic E-state index is 0.00639. The Balaban J connectivity index is 2.51. The highest BCUT2D eigenvalue weighted by Crippen LogP contribution is 2.26. The average Bonchev–Trinajstić information content (AvgIpc) is 2.71. The van der Waals surface area contributed by atoms with Crippen LogP contribution in [0, 0.1) is 0 Å². The third-order valence-electron chi connectivity index (χ3n) is 2.07. The van der Waals surface area contributed by atoms with Gasteiger partial charge in [-0.25, -0.2) is 0 Å². The Hall–Kier alpha value is -1.98. The number of nitrogens with zero attached hydrogens (tertiary/aromatic N) is 2. The zero-order chi connectivity index (χ0) is 10.8. The molecule has 0 fully saturated rings. The van der Waals surface area contributed by atoms with Crippen LogP contribution in [0.4, 0.5) is 5.69 Å². The fourth-order valence-electron chi connectivity index (χ4n) is 1.34. The summed E-state index contributed by atoms with van der Waals surface area (Å²) < 4.78 is 1.67. The molecule has 5 heteroatoms. The van der Waals surface area contributed by atoms with Crippen LogP contribution in [0.3, 0.4) is 0 Å². The molecule has 0 aliphatic rings. The van der Waals surface area contributed by atoms with Crippen molar-refractivity contribution in [3.8, 4) is 11.4 Å². The molecule has 1 heterocycles. The molecule has 0 saturated carbocycles. The van der Waals surface area contributed by atoms with E-state index in [2.05, 4.69) is 0 Å². The van der Waals surface area contributed by atoms with Gasteiger partial charge in [-0.3, -0.25) is 10.4 Å². The molecule has 2 aromatic rings. The SMILES string of the molecule is Oc1ccc(N(O)O)cc1-n1cccc1. The van der Waals surface area contributed by atoms with Gasteiger partial charge in [0.2, 0.25) is 0 Å². The van der Waals surface area contributed by atoms with E-state index < -0.39 is 0 Å². The number of aromatic nitrogens is 1. The first-order chi connectivity index (χ1) is 7.18. The van der Waals surface area contributed by atoms with Gasteiger partial charge in [0.1, 0.15) is 5.75 Å². The summed E-state index contributed by atoms with van der Waals surface area (Å²) in [6, 6.07) is 7.85.